The first-order chi connectivity index (χ1) is 9.56. The maximum absolute atomic E-state index is 11.8. The number of carbonyl (C=O) groups is 1. The minimum absolute atomic E-state index is 0.184. The topological polar surface area (TPSA) is 78.6 Å². The van der Waals surface area contributed by atoms with E-state index in [9.17, 15) is 4.79 Å². The van der Waals surface area contributed by atoms with E-state index in [2.05, 4.69) is 29.1 Å². The van der Waals surface area contributed by atoms with Crippen LogP contribution in [0.3, 0.4) is 0 Å². The van der Waals surface area contributed by atoms with Crippen molar-refractivity contribution in [3.63, 3.8) is 0 Å². The first-order valence-corrected chi connectivity index (χ1v) is 6.91. The minimum Gasteiger partial charge on any atom is -0.503 e. The highest BCUT2D eigenvalue weighted by Crippen LogP contribution is 2.21. The van der Waals surface area contributed by atoms with Gasteiger partial charge in [-0.3, -0.25) is 0 Å². The standard InChI is InChI=1S/C12H16N4O3S/c1-7(2)5-9-15-16-10(13-14-12(16)20-9)8(6-18-3)11(17)19-4/h6-7H,5H2,1-4H3. The van der Waals surface area contributed by atoms with E-state index < -0.39 is 5.97 Å². The predicted octanol–water partition coefficient (Wildman–Crippen LogP) is 1.54. The molecule has 7 nitrogen and oxygen atoms in total. The Morgan fingerprint density at radius 2 is 2.15 bits per heavy atom. The molecule has 0 aliphatic rings. The monoisotopic (exact) mass is 296 g/mol. The number of carbonyl (C=O) groups excluding carboxylic acids is 1. The van der Waals surface area contributed by atoms with Crippen LogP contribution in [0.5, 0.6) is 0 Å². The van der Waals surface area contributed by atoms with Gasteiger partial charge in [0.1, 0.15) is 16.8 Å². The van der Waals surface area contributed by atoms with Gasteiger partial charge in [-0.2, -0.15) is 9.61 Å². The average Bonchev–Trinajstić information content (AvgIpc) is 2.94. The molecule has 0 aromatic carbocycles. The van der Waals surface area contributed by atoms with E-state index in [1.807, 2.05) is 0 Å². The van der Waals surface area contributed by atoms with E-state index in [0.29, 0.717) is 16.7 Å². The number of ether oxygens (including phenoxy) is 2. The van der Waals surface area contributed by atoms with Gasteiger partial charge in [-0.25, -0.2) is 4.79 Å². The van der Waals surface area contributed by atoms with E-state index in [4.69, 9.17) is 9.47 Å². The van der Waals surface area contributed by atoms with Gasteiger partial charge < -0.3 is 9.47 Å². The van der Waals surface area contributed by atoms with Crippen molar-refractivity contribution < 1.29 is 14.3 Å². The van der Waals surface area contributed by atoms with Crippen molar-refractivity contribution in [1.82, 2.24) is 19.8 Å². The molecule has 2 heterocycles. The van der Waals surface area contributed by atoms with Crippen molar-refractivity contribution in [2.24, 2.45) is 5.92 Å². The molecule has 108 valence electrons. The zero-order valence-electron chi connectivity index (χ0n) is 11.8. The lowest BCUT2D eigenvalue weighted by atomic mass is 10.1. The summed E-state index contributed by atoms with van der Waals surface area (Å²) in [4.78, 5) is 12.4. The second-order valence-corrected chi connectivity index (χ2v) is 5.61. The van der Waals surface area contributed by atoms with Crippen LogP contribution in [0.25, 0.3) is 10.5 Å². The maximum Gasteiger partial charge on any atom is 0.344 e. The van der Waals surface area contributed by atoms with Crippen LogP contribution in [0, 0.1) is 5.92 Å². The lowest BCUT2D eigenvalue weighted by molar-refractivity contribution is -0.133. The Bertz CT molecular complexity index is 644. The van der Waals surface area contributed by atoms with E-state index in [1.54, 1.807) is 4.52 Å². The number of nitrogens with zero attached hydrogens (tertiary/aromatic N) is 4. The molecule has 0 N–H and O–H groups in total. The molecule has 8 heteroatoms. The molecular formula is C12H16N4O3S. The zero-order chi connectivity index (χ0) is 14.7. The molecule has 0 spiro atoms. The largest absolute Gasteiger partial charge is 0.503 e. The Kier molecular flexibility index (Phi) is 4.33. The Labute approximate surface area is 120 Å². The second-order valence-electron chi connectivity index (χ2n) is 4.57. The first kappa shape index (κ1) is 14.4. The molecule has 0 unspecified atom stereocenters. The third-order valence-corrected chi connectivity index (χ3v) is 3.42. The molecule has 20 heavy (non-hydrogen) atoms. The van der Waals surface area contributed by atoms with Crippen LogP contribution in [-0.2, 0) is 20.7 Å². The fourth-order valence-electron chi connectivity index (χ4n) is 1.68. The molecule has 0 amide bonds. The van der Waals surface area contributed by atoms with Gasteiger partial charge in [0.05, 0.1) is 14.2 Å². The van der Waals surface area contributed by atoms with Gasteiger partial charge in [0.15, 0.2) is 5.82 Å². The Balaban J connectivity index is 2.45. The van der Waals surface area contributed by atoms with Gasteiger partial charge in [-0.15, -0.1) is 10.2 Å². The summed E-state index contributed by atoms with van der Waals surface area (Å²) in [6, 6.07) is 0. The van der Waals surface area contributed by atoms with Crippen LogP contribution in [0.4, 0.5) is 0 Å². The van der Waals surface area contributed by atoms with E-state index in [0.717, 1.165) is 11.4 Å². The van der Waals surface area contributed by atoms with Crippen LogP contribution in [0.15, 0.2) is 6.26 Å². The summed E-state index contributed by atoms with van der Waals surface area (Å²) in [6.07, 6.45) is 2.14. The summed E-state index contributed by atoms with van der Waals surface area (Å²) in [6.45, 7) is 4.24. The fraction of sp³-hybridized carbons (Fsp3) is 0.500. The lowest BCUT2D eigenvalue weighted by Crippen LogP contribution is -2.08. The van der Waals surface area contributed by atoms with Crippen molar-refractivity contribution in [3.05, 3.63) is 17.1 Å². The number of aromatic nitrogens is 4. The van der Waals surface area contributed by atoms with E-state index in [1.165, 1.54) is 31.8 Å². The number of esters is 1. The second kappa shape index (κ2) is 6.00. The molecule has 0 atom stereocenters. The van der Waals surface area contributed by atoms with Crippen molar-refractivity contribution in [2.45, 2.75) is 20.3 Å². The molecule has 0 aliphatic heterocycles. The molecular weight excluding hydrogens is 280 g/mol. The van der Waals surface area contributed by atoms with Crippen LogP contribution >= 0.6 is 11.3 Å². The summed E-state index contributed by atoms with van der Waals surface area (Å²) in [5, 5.41) is 13.4. The van der Waals surface area contributed by atoms with Gasteiger partial charge >= 0.3 is 5.97 Å². The number of hydrogen-bond acceptors (Lipinski definition) is 7. The molecule has 0 aliphatic carbocycles. The van der Waals surface area contributed by atoms with Gasteiger partial charge in [-0.05, 0) is 5.92 Å². The summed E-state index contributed by atoms with van der Waals surface area (Å²) >= 11 is 1.46. The fourth-order valence-corrected chi connectivity index (χ4v) is 2.72. The van der Waals surface area contributed by atoms with Gasteiger partial charge in [0, 0.05) is 6.42 Å². The van der Waals surface area contributed by atoms with Gasteiger partial charge in [-0.1, -0.05) is 25.2 Å². The van der Waals surface area contributed by atoms with Crippen LogP contribution in [-0.4, -0.2) is 40.0 Å². The molecule has 0 bridgehead atoms. The Hall–Kier alpha value is -1.96. The van der Waals surface area contributed by atoms with Crippen LogP contribution < -0.4 is 0 Å². The molecule has 0 fully saturated rings. The van der Waals surface area contributed by atoms with E-state index >= 15 is 0 Å². The normalized spacial score (nSPS) is 12.2. The quantitative estimate of drug-likeness (QED) is 0.473. The lowest BCUT2D eigenvalue weighted by Gasteiger charge is -2.02. The van der Waals surface area contributed by atoms with E-state index in [-0.39, 0.29) is 5.57 Å². The highest BCUT2D eigenvalue weighted by Gasteiger charge is 2.22. The summed E-state index contributed by atoms with van der Waals surface area (Å²) in [5.41, 5.74) is 0.184. The zero-order valence-corrected chi connectivity index (χ0v) is 12.6. The SMILES string of the molecule is COC=C(C(=O)OC)c1nnc2sc(CC(C)C)nn12. The number of rotatable bonds is 5. The Morgan fingerprint density at radius 1 is 1.40 bits per heavy atom. The first-order valence-electron chi connectivity index (χ1n) is 6.09. The maximum atomic E-state index is 11.8. The Morgan fingerprint density at radius 3 is 2.75 bits per heavy atom. The van der Waals surface area contributed by atoms with Gasteiger partial charge in [0.25, 0.3) is 0 Å². The molecule has 0 saturated heterocycles. The van der Waals surface area contributed by atoms with Crippen LogP contribution in [0.2, 0.25) is 0 Å². The molecule has 2 aromatic heterocycles. The highest BCUT2D eigenvalue weighted by atomic mass is 32.1. The van der Waals surface area contributed by atoms with Gasteiger partial charge in [0.2, 0.25) is 4.96 Å². The summed E-state index contributed by atoms with van der Waals surface area (Å²) in [5.74, 6) is 0.274. The summed E-state index contributed by atoms with van der Waals surface area (Å²) in [7, 11) is 2.75. The van der Waals surface area contributed by atoms with Crippen molar-refractivity contribution >= 4 is 27.8 Å². The smallest absolute Gasteiger partial charge is 0.344 e. The average molecular weight is 296 g/mol. The number of fused-ring (bicyclic) bond motifs is 1. The molecule has 2 rings (SSSR count). The van der Waals surface area contributed by atoms with Crippen molar-refractivity contribution in [3.8, 4) is 0 Å². The minimum atomic E-state index is -0.542. The third-order valence-electron chi connectivity index (χ3n) is 2.50. The number of hydrogen-bond donors (Lipinski definition) is 0. The van der Waals surface area contributed by atoms with Crippen molar-refractivity contribution in [1.29, 1.82) is 0 Å². The van der Waals surface area contributed by atoms with Crippen molar-refractivity contribution in [2.75, 3.05) is 14.2 Å². The number of methoxy groups -OCH3 is 2. The molecule has 0 radical (unpaired) electrons. The summed E-state index contributed by atoms with van der Waals surface area (Å²) < 4.78 is 11.2. The predicted molar refractivity (Wildman–Crippen MR) is 74.2 cm³/mol. The highest BCUT2D eigenvalue weighted by molar-refractivity contribution is 7.16. The third kappa shape index (κ3) is 2.79. The molecule has 0 saturated carbocycles. The molecule has 2 aromatic rings. The van der Waals surface area contributed by atoms with Crippen LogP contribution in [0.1, 0.15) is 24.7 Å².